The smallest absolute Gasteiger partial charge is 0.328 e. The van der Waals surface area contributed by atoms with E-state index in [0.717, 1.165) is 0 Å². The fourth-order valence-electron chi connectivity index (χ4n) is 1.23. The van der Waals surface area contributed by atoms with Gasteiger partial charge in [0.2, 0.25) is 5.91 Å². The first-order chi connectivity index (χ1) is 7.01. The summed E-state index contributed by atoms with van der Waals surface area (Å²) in [6.07, 6.45) is 0.585. The molecule has 1 amide bonds. The van der Waals surface area contributed by atoms with E-state index in [9.17, 15) is 9.59 Å². The van der Waals surface area contributed by atoms with Crippen LogP contribution in [0.1, 0.15) is 20.3 Å². The van der Waals surface area contributed by atoms with E-state index in [-0.39, 0.29) is 24.9 Å². The number of esters is 1. The molecule has 0 saturated carbocycles. The molecule has 0 aliphatic carbocycles. The molecule has 0 aromatic rings. The fourth-order valence-corrected chi connectivity index (χ4v) is 1.23. The molecule has 1 atom stereocenters. The molecule has 0 radical (unpaired) electrons. The highest BCUT2D eigenvalue weighted by Gasteiger charge is 2.21. The van der Waals surface area contributed by atoms with E-state index in [1.165, 1.54) is 7.11 Å². The summed E-state index contributed by atoms with van der Waals surface area (Å²) in [7, 11) is 3.00. The average Bonchev–Trinajstić information content (AvgIpc) is 2.15. The van der Waals surface area contributed by atoms with Crippen molar-refractivity contribution < 1.29 is 14.3 Å². The number of methoxy groups -OCH3 is 1. The van der Waals surface area contributed by atoms with Crippen molar-refractivity contribution in [2.75, 3.05) is 20.7 Å². The predicted octanol–water partition coefficient (Wildman–Crippen LogP) is 0.331. The van der Waals surface area contributed by atoms with Crippen LogP contribution in [-0.2, 0) is 14.3 Å². The van der Waals surface area contributed by atoms with Crippen molar-refractivity contribution in [3.8, 4) is 0 Å². The maximum absolute atomic E-state index is 11.3. The second-order valence-corrected chi connectivity index (χ2v) is 3.80. The van der Waals surface area contributed by atoms with E-state index < -0.39 is 12.0 Å². The van der Waals surface area contributed by atoms with Crippen LogP contribution in [0.2, 0.25) is 0 Å². The van der Waals surface area contributed by atoms with E-state index in [2.05, 4.69) is 15.4 Å². The Morgan fingerprint density at radius 2 is 1.88 bits per heavy atom. The highest BCUT2D eigenvalue weighted by Crippen LogP contribution is 2.05. The highest BCUT2D eigenvalue weighted by atomic mass is 35.5. The first-order valence-electron chi connectivity index (χ1n) is 5.03. The molecule has 0 aliphatic rings. The number of rotatable bonds is 6. The number of hydrogen-bond acceptors (Lipinski definition) is 4. The maximum Gasteiger partial charge on any atom is 0.328 e. The largest absolute Gasteiger partial charge is 0.467 e. The first kappa shape index (κ1) is 17.6. The summed E-state index contributed by atoms with van der Waals surface area (Å²) in [5.74, 6) is -0.273. The second kappa shape index (κ2) is 9.42. The van der Waals surface area contributed by atoms with Gasteiger partial charge >= 0.3 is 5.97 Å². The third kappa shape index (κ3) is 7.48. The molecule has 0 bridgehead atoms. The normalized spacial score (nSPS) is 11.6. The zero-order valence-electron chi connectivity index (χ0n) is 10.2. The lowest BCUT2D eigenvalue weighted by atomic mass is 10.0. The lowest BCUT2D eigenvalue weighted by Gasteiger charge is -2.18. The van der Waals surface area contributed by atoms with Gasteiger partial charge in [0.05, 0.1) is 13.7 Å². The van der Waals surface area contributed by atoms with Gasteiger partial charge in [-0.3, -0.25) is 4.79 Å². The quantitative estimate of drug-likeness (QED) is 0.669. The number of likely N-dealkylation sites (N-methyl/N-ethyl adjacent to an activating group) is 1. The molecule has 16 heavy (non-hydrogen) atoms. The minimum Gasteiger partial charge on any atom is -0.467 e. The van der Waals surface area contributed by atoms with E-state index in [4.69, 9.17) is 0 Å². The molecule has 0 aromatic heterocycles. The van der Waals surface area contributed by atoms with Gasteiger partial charge in [-0.2, -0.15) is 0 Å². The van der Waals surface area contributed by atoms with Crippen molar-refractivity contribution >= 4 is 24.3 Å². The minimum atomic E-state index is -0.546. The number of amides is 1. The van der Waals surface area contributed by atoms with Gasteiger partial charge < -0.3 is 15.4 Å². The number of ether oxygens (including phenoxy) is 1. The van der Waals surface area contributed by atoms with Gasteiger partial charge in [-0.25, -0.2) is 4.79 Å². The number of halogens is 1. The van der Waals surface area contributed by atoms with Crippen LogP contribution < -0.4 is 10.6 Å². The summed E-state index contributed by atoms with van der Waals surface area (Å²) in [5.41, 5.74) is 0. The summed E-state index contributed by atoms with van der Waals surface area (Å²) in [5, 5.41) is 5.34. The van der Waals surface area contributed by atoms with Crippen LogP contribution in [0.5, 0.6) is 0 Å². The maximum atomic E-state index is 11.3. The molecule has 0 saturated heterocycles. The fraction of sp³-hybridized carbons (Fsp3) is 0.800. The minimum absolute atomic E-state index is 0. The Kier molecular flexibility index (Phi) is 10.3. The van der Waals surface area contributed by atoms with Gasteiger partial charge in [0.15, 0.2) is 0 Å². The van der Waals surface area contributed by atoms with E-state index in [1.54, 1.807) is 7.05 Å². The van der Waals surface area contributed by atoms with Crippen LogP contribution in [0.25, 0.3) is 0 Å². The Bertz CT molecular complexity index is 222. The molecular formula is C10H21ClN2O3. The monoisotopic (exact) mass is 252 g/mol. The van der Waals surface area contributed by atoms with Crippen molar-refractivity contribution in [1.29, 1.82) is 0 Å². The topological polar surface area (TPSA) is 67.4 Å². The summed E-state index contributed by atoms with van der Waals surface area (Å²) in [6, 6.07) is -0.546. The molecule has 5 nitrogen and oxygen atoms in total. The van der Waals surface area contributed by atoms with Gasteiger partial charge in [0, 0.05) is 0 Å². The molecule has 0 aliphatic heterocycles. The Morgan fingerprint density at radius 3 is 2.25 bits per heavy atom. The molecule has 0 rings (SSSR count). The number of hydrogen-bond donors (Lipinski definition) is 2. The van der Waals surface area contributed by atoms with Crippen LogP contribution >= 0.6 is 12.4 Å². The van der Waals surface area contributed by atoms with Crippen molar-refractivity contribution in [2.45, 2.75) is 26.3 Å². The third-order valence-electron chi connectivity index (χ3n) is 1.87. The summed E-state index contributed by atoms with van der Waals surface area (Å²) >= 11 is 0. The van der Waals surface area contributed by atoms with Crippen molar-refractivity contribution in [2.24, 2.45) is 5.92 Å². The van der Waals surface area contributed by atoms with E-state index in [1.807, 2.05) is 13.8 Å². The van der Waals surface area contributed by atoms with Gasteiger partial charge in [-0.1, -0.05) is 13.8 Å². The summed E-state index contributed by atoms with van der Waals surface area (Å²) in [6.45, 7) is 4.17. The number of carbonyl (C=O) groups is 2. The highest BCUT2D eigenvalue weighted by molar-refractivity contribution is 5.85. The van der Waals surface area contributed by atoms with Crippen LogP contribution in [0.4, 0.5) is 0 Å². The predicted molar refractivity (Wildman–Crippen MR) is 64.6 cm³/mol. The second-order valence-electron chi connectivity index (χ2n) is 3.80. The summed E-state index contributed by atoms with van der Waals surface area (Å²) < 4.78 is 4.62. The Hall–Kier alpha value is -0.810. The van der Waals surface area contributed by atoms with E-state index >= 15 is 0 Å². The van der Waals surface area contributed by atoms with Gasteiger partial charge in [0.1, 0.15) is 6.04 Å². The molecule has 1 unspecified atom stereocenters. The Balaban J connectivity index is 0. The van der Waals surface area contributed by atoms with Crippen LogP contribution in [0.15, 0.2) is 0 Å². The number of carbonyl (C=O) groups excluding carboxylic acids is 2. The summed E-state index contributed by atoms with van der Waals surface area (Å²) in [4.78, 5) is 22.6. The van der Waals surface area contributed by atoms with Gasteiger partial charge in [0.25, 0.3) is 0 Å². The lowest BCUT2D eigenvalue weighted by molar-refractivity contribution is -0.145. The van der Waals surface area contributed by atoms with Gasteiger partial charge in [-0.05, 0) is 19.4 Å². The molecule has 0 aromatic carbocycles. The Morgan fingerprint density at radius 1 is 1.31 bits per heavy atom. The SMILES string of the molecule is CNCC(=O)NC(CC(C)C)C(=O)OC.Cl. The molecule has 6 heteroatoms. The van der Waals surface area contributed by atoms with Crippen molar-refractivity contribution in [3.63, 3.8) is 0 Å². The standard InChI is InChI=1S/C10H20N2O3.ClH/c1-7(2)5-8(10(14)15-4)12-9(13)6-11-3;/h7-8,11H,5-6H2,1-4H3,(H,12,13);1H. The Labute approximate surface area is 103 Å². The molecule has 0 heterocycles. The molecule has 96 valence electrons. The molecule has 2 N–H and O–H groups in total. The lowest BCUT2D eigenvalue weighted by Crippen LogP contribution is -2.45. The zero-order chi connectivity index (χ0) is 11.8. The zero-order valence-corrected chi connectivity index (χ0v) is 11.0. The first-order valence-corrected chi connectivity index (χ1v) is 5.03. The van der Waals surface area contributed by atoms with Crippen molar-refractivity contribution in [3.05, 3.63) is 0 Å². The van der Waals surface area contributed by atoms with Gasteiger partial charge in [-0.15, -0.1) is 12.4 Å². The third-order valence-corrected chi connectivity index (χ3v) is 1.87. The molecule has 0 spiro atoms. The van der Waals surface area contributed by atoms with Crippen molar-refractivity contribution in [1.82, 2.24) is 10.6 Å². The van der Waals surface area contributed by atoms with Crippen LogP contribution in [0, 0.1) is 5.92 Å². The average molecular weight is 253 g/mol. The number of nitrogens with one attached hydrogen (secondary N) is 2. The molecule has 0 fully saturated rings. The van der Waals surface area contributed by atoms with Crippen LogP contribution in [0.3, 0.4) is 0 Å². The molecular weight excluding hydrogens is 232 g/mol. The van der Waals surface area contributed by atoms with E-state index in [0.29, 0.717) is 12.3 Å². The van der Waals surface area contributed by atoms with Crippen LogP contribution in [-0.4, -0.2) is 38.6 Å².